The lowest BCUT2D eigenvalue weighted by molar-refractivity contribution is -0.0149. The zero-order valence-corrected chi connectivity index (χ0v) is 10.1. The highest BCUT2D eigenvalue weighted by atomic mass is 16.5. The summed E-state index contributed by atoms with van der Waals surface area (Å²) in [5, 5.41) is 0. The van der Waals surface area contributed by atoms with Crippen LogP contribution in [-0.2, 0) is 4.74 Å². The van der Waals surface area contributed by atoms with Crippen molar-refractivity contribution in [3.05, 3.63) is 30.3 Å². The second kappa shape index (κ2) is 6.51. The highest BCUT2D eigenvalue weighted by Gasteiger charge is 2.14. The standard InChI is InChI=1S/C13H21NO2/c1-13(2,11-14)16-10-6-9-15-12-7-4-3-5-8-12/h3-5,7-8H,6,9-11,14H2,1-2H3. The van der Waals surface area contributed by atoms with Crippen LogP contribution in [0, 0.1) is 0 Å². The first kappa shape index (κ1) is 13.0. The van der Waals surface area contributed by atoms with Gasteiger partial charge in [-0.1, -0.05) is 18.2 Å². The molecule has 0 amide bonds. The second-order valence-electron chi connectivity index (χ2n) is 4.33. The lowest BCUT2D eigenvalue weighted by atomic mass is 10.1. The van der Waals surface area contributed by atoms with Gasteiger partial charge in [0, 0.05) is 13.0 Å². The van der Waals surface area contributed by atoms with Crippen LogP contribution in [0.3, 0.4) is 0 Å². The Morgan fingerprint density at radius 2 is 1.81 bits per heavy atom. The Balaban J connectivity index is 2.09. The number of rotatable bonds is 7. The molecular formula is C13H21NO2. The summed E-state index contributed by atoms with van der Waals surface area (Å²) in [6.45, 7) is 5.87. The first-order chi connectivity index (χ1) is 7.64. The number of benzene rings is 1. The molecule has 0 fully saturated rings. The van der Waals surface area contributed by atoms with E-state index in [9.17, 15) is 0 Å². The molecule has 0 bridgehead atoms. The van der Waals surface area contributed by atoms with Gasteiger partial charge in [0.1, 0.15) is 5.75 Å². The van der Waals surface area contributed by atoms with E-state index >= 15 is 0 Å². The van der Waals surface area contributed by atoms with Gasteiger partial charge in [-0.25, -0.2) is 0 Å². The lowest BCUT2D eigenvalue weighted by Crippen LogP contribution is -2.34. The number of ether oxygens (including phenoxy) is 2. The zero-order chi connectivity index (χ0) is 11.9. The van der Waals surface area contributed by atoms with Gasteiger partial charge in [0.15, 0.2) is 0 Å². The van der Waals surface area contributed by atoms with Crippen LogP contribution in [0.4, 0.5) is 0 Å². The summed E-state index contributed by atoms with van der Waals surface area (Å²) in [6.07, 6.45) is 0.873. The van der Waals surface area contributed by atoms with Gasteiger partial charge in [0.25, 0.3) is 0 Å². The normalized spacial score (nSPS) is 11.4. The Morgan fingerprint density at radius 3 is 2.44 bits per heavy atom. The van der Waals surface area contributed by atoms with E-state index in [0.29, 0.717) is 19.8 Å². The third-order valence-electron chi connectivity index (χ3n) is 2.28. The molecule has 0 saturated heterocycles. The van der Waals surface area contributed by atoms with Gasteiger partial charge < -0.3 is 15.2 Å². The topological polar surface area (TPSA) is 44.5 Å². The average molecular weight is 223 g/mol. The maximum atomic E-state index is 5.61. The van der Waals surface area contributed by atoms with Crippen molar-refractivity contribution in [2.75, 3.05) is 19.8 Å². The van der Waals surface area contributed by atoms with E-state index in [1.807, 2.05) is 44.2 Å². The first-order valence-corrected chi connectivity index (χ1v) is 5.66. The van der Waals surface area contributed by atoms with Crippen LogP contribution in [0.1, 0.15) is 20.3 Å². The molecule has 3 nitrogen and oxygen atoms in total. The molecule has 16 heavy (non-hydrogen) atoms. The maximum Gasteiger partial charge on any atom is 0.119 e. The minimum atomic E-state index is -0.229. The van der Waals surface area contributed by atoms with E-state index in [1.54, 1.807) is 0 Å². The Bertz CT molecular complexity index is 285. The van der Waals surface area contributed by atoms with Crippen LogP contribution in [0.2, 0.25) is 0 Å². The smallest absolute Gasteiger partial charge is 0.119 e. The number of para-hydroxylation sites is 1. The summed E-state index contributed by atoms with van der Waals surface area (Å²) in [4.78, 5) is 0. The molecule has 0 aliphatic carbocycles. The molecule has 0 atom stereocenters. The molecule has 3 heteroatoms. The van der Waals surface area contributed by atoms with Gasteiger partial charge in [-0.2, -0.15) is 0 Å². The highest BCUT2D eigenvalue weighted by Crippen LogP contribution is 2.09. The van der Waals surface area contributed by atoms with Gasteiger partial charge in [-0.05, 0) is 26.0 Å². The molecule has 1 rings (SSSR count). The molecule has 0 radical (unpaired) electrons. The quantitative estimate of drug-likeness (QED) is 0.721. The Labute approximate surface area is 97.6 Å². The molecule has 0 aliphatic heterocycles. The van der Waals surface area contributed by atoms with Crippen molar-refractivity contribution in [1.29, 1.82) is 0 Å². The van der Waals surface area contributed by atoms with Crippen molar-refractivity contribution in [3.63, 3.8) is 0 Å². The van der Waals surface area contributed by atoms with Crippen molar-refractivity contribution in [1.82, 2.24) is 0 Å². The van der Waals surface area contributed by atoms with Crippen LogP contribution in [0.25, 0.3) is 0 Å². The molecule has 90 valence electrons. The third-order valence-corrected chi connectivity index (χ3v) is 2.28. The van der Waals surface area contributed by atoms with Crippen LogP contribution in [0.5, 0.6) is 5.75 Å². The van der Waals surface area contributed by atoms with Crippen LogP contribution >= 0.6 is 0 Å². The minimum Gasteiger partial charge on any atom is -0.494 e. The van der Waals surface area contributed by atoms with Gasteiger partial charge in [0.05, 0.1) is 18.8 Å². The number of hydrogen-bond acceptors (Lipinski definition) is 3. The summed E-state index contributed by atoms with van der Waals surface area (Å²) in [7, 11) is 0. The molecule has 0 unspecified atom stereocenters. The van der Waals surface area contributed by atoms with Crippen molar-refractivity contribution < 1.29 is 9.47 Å². The van der Waals surface area contributed by atoms with Gasteiger partial charge in [0.2, 0.25) is 0 Å². The fourth-order valence-corrected chi connectivity index (χ4v) is 1.17. The number of hydrogen-bond donors (Lipinski definition) is 1. The lowest BCUT2D eigenvalue weighted by Gasteiger charge is -2.23. The molecule has 1 aromatic carbocycles. The predicted molar refractivity (Wildman–Crippen MR) is 65.6 cm³/mol. The van der Waals surface area contributed by atoms with E-state index < -0.39 is 0 Å². The summed E-state index contributed by atoms with van der Waals surface area (Å²) < 4.78 is 11.2. The highest BCUT2D eigenvalue weighted by molar-refractivity contribution is 5.20. The van der Waals surface area contributed by atoms with Crippen LogP contribution in [-0.4, -0.2) is 25.4 Å². The molecule has 2 N–H and O–H groups in total. The van der Waals surface area contributed by atoms with E-state index in [0.717, 1.165) is 12.2 Å². The molecule has 1 aromatic rings. The molecule has 0 spiro atoms. The predicted octanol–water partition coefficient (Wildman–Crippen LogP) is 2.21. The first-order valence-electron chi connectivity index (χ1n) is 5.66. The second-order valence-corrected chi connectivity index (χ2v) is 4.33. The monoisotopic (exact) mass is 223 g/mol. The SMILES string of the molecule is CC(C)(CN)OCCCOc1ccccc1. The minimum absolute atomic E-state index is 0.229. The van der Waals surface area contributed by atoms with E-state index in [-0.39, 0.29) is 5.60 Å². The van der Waals surface area contributed by atoms with Gasteiger partial charge >= 0.3 is 0 Å². The summed E-state index contributed by atoms with van der Waals surface area (Å²) >= 11 is 0. The Morgan fingerprint density at radius 1 is 1.12 bits per heavy atom. The van der Waals surface area contributed by atoms with Crippen molar-refractivity contribution in [2.24, 2.45) is 5.73 Å². The third kappa shape index (κ3) is 5.14. The Hall–Kier alpha value is -1.06. The fourth-order valence-electron chi connectivity index (χ4n) is 1.17. The zero-order valence-electron chi connectivity index (χ0n) is 10.1. The van der Waals surface area contributed by atoms with E-state index in [2.05, 4.69) is 0 Å². The van der Waals surface area contributed by atoms with E-state index in [1.165, 1.54) is 0 Å². The molecular weight excluding hydrogens is 202 g/mol. The van der Waals surface area contributed by atoms with Crippen molar-refractivity contribution >= 4 is 0 Å². The van der Waals surface area contributed by atoms with Crippen LogP contribution < -0.4 is 10.5 Å². The fraction of sp³-hybridized carbons (Fsp3) is 0.538. The van der Waals surface area contributed by atoms with Crippen molar-refractivity contribution in [2.45, 2.75) is 25.9 Å². The van der Waals surface area contributed by atoms with Crippen LogP contribution in [0.15, 0.2) is 30.3 Å². The number of nitrogens with two attached hydrogens (primary N) is 1. The maximum absolute atomic E-state index is 5.61. The molecule has 0 aromatic heterocycles. The summed E-state index contributed by atoms with van der Waals surface area (Å²) in [5.41, 5.74) is 5.33. The van der Waals surface area contributed by atoms with Crippen molar-refractivity contribution in [3.8, 4) is 5.75 Å². The largest absolute Gasteiger partial charge is 0.494 e. The summed E-state index contributed by atoms with van der Waals surface area (Å²) in [6, 6.07) is 9.79. The van der Waals surface area contributed by atoms with Gasteiger partial charge in [-0.3, -0.25) is 0 Å². The Kier molecular flexibility index (Phi) is 5.29. The molecule has 0 aliphatic rings. The molecule has 0 saturated carbocycles. The van der Waals surface area contributed by atoms with Gasteiger partial charge in [-0.15, -0.1) is 0 Å². The average Bonchev–Trinajstić information content (AvgIpc) is 2.30. The summed E-state index contributed by atoms with van der Waals surface area (Å²) in [5.74, 6) is 0.903. The molecule has 0 heterocycles. The van der Waals surface area contributed by atoms with E-state index in [4.69, 9.17) is 15.2 Å².